The van der Waals surface area contributed by atoms with Crippen molar-refractivity contribution in [2.75, 3.05) is 0 Å². The minimum Gasteiger partial charge on any atom is -0.478 e. The fourth-order valence-electron chi connectivity index (χ4n) is 1.89. The smallest absolute Gasteiger partial charge is 0.335 e. The maximum absolute atomic E-state index is 11.2. The van der Waals surface area contributed by atoms with Crippen LogP contribution >= 0.6 is 0 Å². The van der Waals surface area contributed by atoms with Crippen molar-refractivity contribution in [2.45, 2.75) is 13.3 Å². The molecule has 0 saturated heterocycles. The first-order valence-corrected chi connectivity index (χ1v) is 5.32. The molecule has 0 aliphatic carbocycles. The van der Waals surface area contributed by atoms with Gasteiger partial charge in [-0.15, -0.1) is 0 Å². The van der Waals surface area contributed by atoms with Crippen LogP contribution in [0.25, 0.3) is 10.8 Å². The van der Waals surface area contributed by atoms with Gasteiger partial charge in [0.15, 0.2) is 0 Å². The lowest BCUT2D eigenvalue weighted by Crippen LogP contribution is -1.99. The summed E-state index contributed by atoms with van der Waals surface area (Å²) in [6, 6.07) is 10.6. The number of carbonyl (C=O) groups is 2. The first-order chi connectivity index (χ1) is 8.08. The zero-order valence-electron chi connectivity index (χ0n) is 9.43. The molecule has 0 aromatic heterocycles. The van der Waals surface area contributed by atoms with Crippen molar-refractivity contribution in [3.05, 3.63) is 47.5 Å². The first-order valence-electron chi connectivity index (χ1n) is 5.32. The molecular formula is C14H12O3. The number of aromatic carboxylic acids is 1. The van der Waals surface area contributed by atoms with E-state index in [-0.39, 0.29) is 11.3 Å². The number of carbonyl (C=O) groups excluding carboxylic acids is 1. The number of hydrogen-bond acceptors (Lipinski definition) is 2. The molecule has 2 aromatic carbocycles. The highest BCUT2D eigenvalue weighted by Crippen LogP contribution is 2.21. The Morgan fingerprint density at radius 2 is 1.94 bits per heavy atom. The number of carboxylic acids is 1. The number of rotatable bonds is 3. The van der Waals surface area contributed by atoms with Crippen molar-refractivity contribution >= 4 is 22.5 Å². The molecule has 3 nitrogen and oxygen atoms in total. The fourth-order valence-corrected chi connectivity index (χ4v) is 1.89. The average Bonchev–Trinajstić information content (AvgIpc) is 2.28. The molecule has 0 radical (unpaired) electrons. The van der Waals surface area contributed by atoms with Gasteiger partial charge in [-0.1, -0.05) is 24.3 Å². The van der Waals surface area contributed by atoms with Crippen LogP contribution in [0.2, 0.25) is 0 Å². The molecule has 86 valence electrons. The summed E-state index contributed by atoms with van der Waals surface area (Å²) >= 11 is 0. The van der Waals surface area contributed by atoms with Crippen molar-refractivity contribution in [3.8, 4) is 0 Å². The second kappa shape index (κ2) is 4.37. The van der Waals surface area contributed by atoms with Crippen molar-refractivity contribution in [1.29, 1.82) is 0 Å². The molecular weight excluding hydrogens is 216 g/mol. The van der Waals surface area contributed by atoms with Crippen LogP contribution < -0.4 is 0 Å². The highest BCUT2D eigenvalue weighted by molar-refractivity contribution is 5.96. The van der Waals surface area contributed by atoms with Crippen molar-refractivity contribution in [1.82, 2.24) is 0 Å². The number of ketones is 1. The fraction of sp³-hybridized carbons (Fsp3) is 0.143. The summed E-state index contributed by atoms with van der Waals surface area (Å²) in [6.07, 6.45) is 0.334. The molecule has 0 saturated carbocycles. The molecule has 17 heavy (non-hydrogen) atoms. The normalized spacial score (nSPS) is 10.4. The van der Waals surface area contributed by atoms with E-state index in [1.807, 2.05) is 18.2 Å². The van der Waals surface area contributed by atoms with Gasteiger partial charge in [0.25, 0.3) is 0 Å². The standard InChI is InChI=1S/C14H12O3/c1-9(15)7-11-4-2-3-10-5-6-12(14(16)17)8-13(10)11/h2-6,8H,7H2,1H3,(H,16,17). The van der Waals surface area contributed by atoms with Crippen LogP contribution in [0, 0.1) is 0 Å². The highest BCUT2D eigenvalue weighted by atomic mass is 16.4. The predicted octanol–water partition coefficient (Wildman–Crippen LogP) is 2.67. The first kappa shape index (κ1) is 11.3. The van der Waals surface area contributed by atoms with E-state index in [4.69, 9.17) is 5.11 Å². The summed E-state index contributed by atoms with van der Waals surface area (Å²) in [5.74, 6) is -0.886. The number of Topliss-reactive ketones (excluding diaryl/α,β-unsaturated/α-hetero) is 1. The minimum absolute atomic E-state index is 0.0678. The molecule has 0 unspecified atom stereocenters. The van der Waals surface area contributed by atoms with E-state index in [0.29, 0.717) is 6.42 Å². The molecule has 0 heterocycles. The lowest BCUT2D eigenvalue weighted by Gasteiger charge is -2.05. The Bertz CT molecular complexity index is 599. The minimum atomic E-state index is -0.954. The summed E-state index contributed by atoms with van der Waals surface area (Å²) < 4.78 is 0. The van der Waals surface area contributed by atoms with Crippen LogP contribution in [0.5, 0.6) is 0 Å². The summed E-state index contributed by atoms with van der Waals surface area (Å²) in [6.45, 7) is 1.53. The van der Waals surface area contributed by atoms with E-state index < -0.39 is 5.97 Å². The number of hydrogen-bond donors (Lipinski definition) is 1. The van der Waals surface area contributed by atoms with E-state index in [2.05, 4.69) is 0 Å². The third-order valence-corrected chi connectivity index (χ3v) is 2.66. The molecule has 0 aliphatic heterocycles. The van der Waals surface area contributed by atoms with Gasteiger partial charge in [0.1, 0.15) is 5.78 Å². The van der Waals surface area contributed by atoms with Gasteiger partial charge in [-0.25, -0.2) is 4.79 Å². The summed E-state index contributed by atoms with van der Waals surface area (Å²) in [4.78, 5) is 22.1. The summed E-state index contributed by atoms with van der Waals surface area (Å²) in [5, 5.41) is 10.7. The Morgan fingerprint density at radius 1 is 1.18 bits per heavy atom. The van der Waals surface area contributed by atoms with Gasteiger partial charge in [-0.05, 0) is 35.4 Å². The largest absolute Gasteiger partial charge is 0.478 e. The summed E-state index contributed by atoms with van der Waals surface area (Å²) in [5.41, 5.74) is 1.12. The van der Waals surface area contributed by atoms with Crippen LogP contribution in [0.3, 0.4) is 0 Å². The Hall–Kier alpha value is -2.16. The molecule has 2 rings (SSSR count). The zero-order chi connectivity index (χ0) is 12.4. The maximum atomic E-state index is 11.2. The molecule has 1 N–H and O–H groups in total. The molecule has 3 heteroatoms. The molecule has 0 amide bonds. The topological polar surface area (TPSA) is 54.4 Å². The van der Waals surface area contributed by atoms with Gasteiger partial charge in [0.05, 0.1) is 5.56 Å². The molecule has 0 bridgehead atoms. The lowest BCUT2D eigenvalue weighted by molar-refractivity contribution is -0.116. The van der Waals surface area contributed by atoms with Gasteiger partial charge in [0, 0.05) is 6.42 Å². The van der Waals surface area contributed by atoms with Gasteiger partial charge in [-0.2, -0.15) is 0 Å². The van der Waals surface area contributed by atoms with E-state index in [1.54, 1.807) is 18.2 Å². The second-order valence-electron chi connectivity index (χ2n) is 4.04. The van der Waals surface area contributed by atoms with Crippen molar-refractivity contribution in [2.24, 2.45) is 0 Å². The zero-order valence-corrected chi connectivity index (χ0v) is 9.43. The lowest BCUT2D eigenvalue weighted by atomic mass is 9.99. The van der Waals surface area contributed by atoms with Crippen molar-refractivity contribution in [3.63, 3.8) is 0 Å². The van der Waals surface area contributed by atoms with E-state index in [9.17, 15) is 9.59 Å². The number of fused-ring (bicyclic) bond motifs is 1. The molecule has 0 spiro atoms. The molecule has 0 atom stereocenters. The van der Waals surface area contributed by atoms with Crippen molar-refractivity contribution < 1.29 is 14.7 Å². The third-order valence-electron chi connectivity index (χ3n) is 2.66. The van der Waals surface area contributed by atoms with Gasteiger partial charge >= 0.3 is 5.97 Å². The van der Waals surface area contributed by atoms with Crippen LogP contribution in [-0.4, -0.2) is 16.9 Å². The third kappa shape index (κ3) is 2.33. The number of carboxylic acid groups (broad SMARTS) is 1. The van der Waals surface area contributed by atoms with Crippen LogP contribution in [0.1, 0.15) is 22.8 Å². The van der Waals surface area contributed by atoms with Gasteiger partial charge in [0.2, 0.25) is 0 Å². The maximum Gasteiger partial charge on any atom is 0.335 e. The quantitative estimate of drug-likeness (QED) is 0.878. The Balaban J connectivity index is 2.63. The Kier molecular flexibility index (Phi) is 2.91. The molecule has 2 aromatic rings. The van der Waals surface area contributed by atoms with Crippen LogP contribution in [0.4, 0.5) is 0 Å². The molecule has 0 aliphatic rings. The summed E-state index contributed by atoms with van der Waals surface area (Å²) in [7, 11) is 0. The SMILES string of the molecule is CC(=O)Cc1cccc2ccc(C(=O)O)cc12. The highest BCUT2D eigenvalue weighted by Gasteiger charge is 2.07. The van der Waals surface area contributed by atoms with Gasteiger partial charge in [-0.3, -0.25) is 4.79 Å². The molecule has 0 fully saturated rings. The average molecular weight is 228 g/mol. The van der Waals surface area contributed by atoms with Gasteiger partial charge < -0.3 is 5.11 Å². The second-order valence-corrected chi connectivity index (χ2v) is 4.04. The predicted molar refractivity (Wildman–Crippen MR) is 65.3 cm³/mol. The van der Waals surface area contributed by atoms with Crippen LogP contribution in [-0.2, 0) is 11.2 Å². The number of benzene rings is 2. The van der Waals surface area contributed by atoms with E-state index >= 15 is 0 Å². The Labute approximate surface area is 98.7 Å². The van der Waals surface area contributed by atoms with Crippen LogP contribution in [0.15, 0.2) is 36.4 Å². The monoisotopic (exact) mass is 228 g/mol. The Morgan fingerprint density at radius 3 is 2.59 bits per heavy atom. The van der Waals surface area contributed by atoms with E-state index in [1.165, 1.54) is 6.92 Å². The van der Waals surface area contributed by atoms with E-state index in [0.717, 1.165) is 16.3 Å².